The lowest BCUT2D eigenvalue weighted by molar-refractivity contribution is 0.414. The fourth-order valence-electron chi connectivity index (χ4n) is 1.93. The molecule has 0 radical (unpaired) electrons. The third kappa shape index (κ3) is 3.85. The number of rotatable bonds is 6. The van der Waals surface area contributed by atoms with E-state index in [4.69, 9.17) is 4.74 Å². The van der Waals surface area contributed by atoms with Gasteiger partial charge in [-0.15, -0.1) is 0 Å². The maximum absolute atomic E-state index is 11.4. The van der Waals surface area contributed by atoms with Gasteiger partial charge in [0.15, 0.2) is 0 Å². The molecule has 0 bridgehead atoms. The molecule has 5 heteroatoms. The second-order valence-corrected chi connectivity index (χ2v) is 4.46. The summed E-state index contributed by atoms with van der Waals surface area (Å²) < 4.78 is 5.19. The molecule has 0 aliphatic carbocycles. The predicted octanol–water partition coefficient (Wildman–Crippen LogP) is 2.00. The topological polar surface area (TPSA) is 67.0 Å². The zero-order valence-electron chi connectivity index (χ0n) is 11.8. The lowest BCUT2D eigenvalue weighted by Crippen LogP contribution is -2.14. The summed E-state index contributed by atoms with van der Waals surface area (Å²) in [5.41, 5.74) is 1.05. The molecule has 106 valence electrons. The van der Waals surface area contributed by atoms with Crippen LogP contribution in [0.15, 0.2) is 35.1 Å². The number of nitrogens with one attached hydrogen (secondary N) is 2. The zero-order valence-corrected chi connectivity index (χ0v) is 11.8. The zero-order chi connectivity index (χ0) is 14.4. The number of anilines is 1. The van der Waals surface area contributed by atoms with Crippen LogP contribution in [-0.4, -0.2) is 23.6 Å². The van der Waals surface area contributed by atoms with Crippen LogP contribution in [0, 0.1) is 0 Å². The van der Waals surface area contributed by atoms with Crippen LogP contribution in [0.2, 0.25) is 0 Å². The van der Waals surface area contributed by atoms with E-state index in [-0.39, 0.29) is 5.56 Å². The van der Waals surface area contributed by atoms with E-state index in [0.717, 1.165) is 12.2 Å². The Kier molecular flexibility index (Phi) is 4.76. The van der Waals surface area contributed by atoms with E-state index in [1.807, 2.05) is 31.2 Å². The van der Waals surface area contributed by atoms with Gasteiger partial charge in [0.25, 0.3) is 5.56 Å². The minimum Gasteiger partial charge on any atom is -0.497 e. The Labute approximate surface area is 118 Å². The summed E-state index contributed by atoms with van der Waals surface area (Å²) in [5, 5.41) is 3.17. The molecular formula is C15H19N3O2. The van der Waals surface area contributed by atoms with Gasteiger partial charge in [-0.2, -0.15) is 0 Å². The van der Waals surface area contributed by atoms with E-state index in [1.165, 1.54) is 11.6 Å². The number of nitrogens with zero attached hydrogens (tertiary/aromatic N) is 1. The number of aromatic nitrogens is 2. The second-order valence-electron chi connectivity index (χ2n) is 4.46. The molecule has 0 spiro atoms. The van der Waals surface area contributed by atoms with E-state index in [0.29, 0.717) is 24.6 Å². The number of benzene rings is 1. The van der Waals surface area contributed by atoms with E-state index in [9.17, 15) is 4.79 Å². The van der Waals surface area contributed by atoms with E-state index < -0.39 is 0 Å². The van der Waals surface area contributed by atoms with Crippen molar-refractivity contribution in [2.75, 3.05) is 19.0 Å². The third-order valence-corrected chi connectivity index (χ3v) is 2.98. The highest BCUT2D eigenvalue weighted by Crippen LogP contribution is 2.13. The predicted molar refractivity (Wildman–Crippen MR) is 79.4 cm³/mol. The van der Waals surface area contributed by atoms with Gasteiger partial charge < -0.3 is 15.0 Å². The van der Waals surface area contributed by atoms with Crippen LogP contribution in [0.25, 0.3) is 0 Å². The van der Waals surface area contributed by atoms with Crippen LogP contribution in [0.4, 0.5) is 5.82 Å². The van der Waals surface area contributed by atoms with Gasteiger partial charge in [-0.05, 0) is 24.1 Å². The molecule has 0 saturated heterocycles. The summed E-state index contributed by atoms with van der Waals surface area (Å²) in [6.07, 6.45) is 1.55. The van der Waals surface area contributed by atoms with Crippen molar-refractivity contribution in [1.82, 2.24) is 9.97 Å². The fraction of sp³-hybridized carbons (Fsp3) is 0.333. The summed E-state index contributed by atoms with van der Waals surface area (Å²) in [6, 6.07) is 9.42. The van der Waals surface area contributed by atoms with Crippen LogP contribution in [-0.2, 0) is 12.8 Å². The highest BCUT2D eigenvalue weighted by atomic mass is 16.5. The minimum absolute atomic E-state index is 0.124. The molecule has 0 aliphatic rings. The largest absolute Gasteiger partial charge is 0.497 e. The summed E-state index contributed by atoms with van der Waals surface area (Å²) >= 11 is 0. The van der Waals surface area contributed by atoms with Gasteiger partial charge in [0.1, 0.15) is 17.4 Å². The maximum Gasteiger partial charge on any atom is 0.252 e. The first-order valence-electron chi connectivity index (χ1n) is 6.68. The van der Waals surface area contributed by atoms with Crippen molar-refractivity contribution in [3.8, 4) is 5.75 Å². The molecule has 0 atom stereocenters. The van der Waals surface area contributed by atoms with Crippen molar-refractivity contribution in [2.24, 2.45) is 0 Å². The number of methoxy groups -OCH3 is 1. The molecule has 1 aromatic heterocycles. The molecule has 0 saturated carbocycles. The third-order valence-electron chi connectivity index (χ3n) is 2.98. The highest BCUT2D eigenvalue weighted by Gasteiger charge is 2.00. The molecule has 1 aromatic carbocycles. The van der Waals surface area contributed by atoms with Gasteiger partial charge in [0.05, 0.1) is 7.11 Å². The van der Waals surface area contributed by atoms with Gasteiger partial charge >= 0.3 is 0 Å². The number of hydrogen-bond donors (Lipinski definition) is 2. The smallest absolute Gasteiger partial charge is 0.252 e. The highest BCUT2D eigenvalue weighted by molar-refractivity contribution is 5.34. The molecule has 2 rings (SSSR count). The van der Waals surface area contributed by atoms with Gasteiger partial charge in [-0.3, -0.25) is 4.79 Å². The Morgan fingerprint density at radius 1 is 1.35 bits per heavy atom. The van der Waals surface area contributed by atoms with E-state index in [1.54, 1.807) is 7.11 Å². The lowest BCUT2D eigenvalue weighted by atomic mass is 10.1. The summed E-state index contributed by atoms with van der Waals surface area (Å²) in [6.45, 7) is 2.67. The molecule has 0 fully saturated rings. The first-order valence-corrected chi connectivity index (χ1v) is 6.68. The van der Waals surface area contributed by atoms with Crippen LogP contribution < -0.4 is 15.6 Å². The van der Waals surface area contributed by atoms with Crippen molar-refractivity contribution >= 4 is 5.82 Å². The Morgan fingerprint density at radius 2 is 2.20 bits per heavy atom. The van der Waals surface area contributed by atoms with Crippen LogP contribution in [0.3, 0.4) is 0 Å². The van der Waals surface area contributed by atoms with Crippen molar-refractivity contribution in [2.45, 2.75) is 19.8 Å². The van der Waals surface area contributed by atoms with Crippen LogP contribution in [0.1, 0.15) is 18.3 Å². The number of ether oxygens (including phenoxy) is 1. The standard InChI is InChI=1S/C15H19N3O2/c1-3-13-17-14(10-15(19)18-13)16-8-7-11-5-4-6-12(9-11)20-2/h4-6,9-10H,3,7-8H2,1-2H3,(H2,16,17,18,19). The lowest BCUT2D eigenvalue weighted by Gasteiger charge is -2.07. The van der Waals surface area contributed by atoms with Crippen molar-refractivity contribution in [1.29, 1.82) is 0 Å². The van der Waals surface area contributed by atoms with E-state index in [2.05, 4.69) is 15.3 Å². The summed E-state index contributed by atoms with van der Waals surface area (Å²) in [5.74, 6) is 2.17. The van der Waals surface area contributed by atoms with Crippen LogP contribution in [0.5, 0.6) is 5.75 Å². The van der Waals surface area contributed by atoms with Gasteiger partial charge in [0, 0.05) is 19.0 Å². The maximum atomic E-state index is 11.4. The normalized spacial score (nSPS) is 10.3. The second kappa shape index (κ2) is 6.75. The number of H-pyrrole nitrogens is 1. The molecular weight excluding hydrogens is 254 g/mol. The molecule has 2 N–H and O–H groups in total. The van der Waals surface area contributed by atoms with Gasteiger partial charge in [0.2, 0.25) is 0 Å². The summed E-state index contributed by atoms with van der Waals surface area (Å²) in [7, 11) is 1.66. The SMILES string of the molecule is CCc1nc(NCCc2cccc(OC)c2)cc(=O)[nH]1. The quantitative estimate of drug-likeness (QED) is 0.844. The Balaban J connectivity index is 1.95. The fourth-order valence-corrected chi connectivity index (χ4v) is 1.93. The van der Waals surface area contributed by atoms with Gasteiger partial charge in [-0.25, -0.2) is 4.98 Å². The number of aryl methyl sites for hydroxylation is 1. The van der Waals surface area contributed by atoms with Gasteiger partial charge in [-0.1, -0.05) is 19.1 Å². The minimum atomic E-state index is -0.124. The van der Waals surface area contributed by atoms with Crippen molar-refractivity contribution < 1.29 is 4.74 Å². The molecule has 1 heterocycles. The van der Waals surface area contributed by atoms with Crippen LogP contribution >= 0.6 is 0 Å². The van der Waals surface area contributed by atoms with Crippen molar-refractivity contribution in [3.63, 3.8) is 0 Å². The molecule has 20 heavy (non-hydrogen) atoms. The molecule has 5 nitrogen and oxygen atoms in total. The molecule has 0 unspecified atom stereocenters. The average Bonchev–Trinajstić information content (AvgIpc) is 2.47. The number of aromatic amines is 1. The first kappa shape index (κ1) is 14.1. The average molecular weight is 273 g/mol. The Bertz CT molecular complexity index is 623. The first-order chi connectivity index (χ1) is 9.71. The Morgan fingerprint density at radius 3 is 2.95 bits per heavy atom. The summed E-state index contributed by atoms with van der Waals surface area (Å²) in [4.78, 5) is 18.5. The molecule has 2 aromatic rings. The monoisotopic (exact) mass is 273 g/mol. The molecule has 0 aliphatic heterocycles. The van der Waals surface area contributed by atoms with E-state index >= 15 is 0 Å². The molecule has 0 amide bonds. The Hall–Kier alpha value is -2.30. The number of hydrogen-bond acceptors (Lipinski definition) is 4. The van der Waals surface area contributed by atoms with Crippen molar-refractivity contribution in [3.05, 3.63) is 52.1 Å².